The first-order valence-corrected chi connectivity index (χ1v) is 5.74. The number of benzene rings is 1. The summed E-state index contributed by atoms with van der Waals surface area (Å²) in [6.45, 7) is 2.86. The Morgan fingerprint density at radius 2 is 2.33 bits per heavy atom. The fourth-order valence-electron chi connectivity index (χ4n) is 1.97. The number of para-hydroxylation sites is 1. The lowest BCUT2D eigenvalue weighted by molar-refractivity contribution is -0.117. The van der Waals surface area contributed by atoms with Crippen LogP contribution in [0.1, 0.15) is 12.0 Å². The van der Waals surface area contributed by atoms with E-state index in [-0.39, 0.29) is 5.91 Å². The monoisotopic (exact) mass is 218 g/mol. The van der Waals surface area contributed by atoms with Gasteiger partial charge in [-0.25, -0.2) is 0 Å². The van der Waals surface area contributed by atoms with Gasteiger partial charge in [0.25, 0.3) is 0 Å². The van der Waals surface area contributed by atoms with Crippen molar-refractivity contribution in [2.75, 3.05) is 11.4 Å². The van der Waals surface area contributed by atoms with Gasteiger partial charge in [-0.3, -0.25) is 4.79 Å². The molecule has 0 bridgehead atoms. The van der Waals surface area contributed by atoms with E-state index < -0.39 is 0 Å². The summed E-state index contributed by atoms with van der Waals surface area (Å²) in [6.07, 6.45) is 0.526. The third-order valence-electron chi connectivity index (χ3n) is 2.67. The van der Waals surface area contributed by atoms with Crippen molar-refractivity contribution in [3.63, 3.8) is 0 Å². The molecule has 2 aliphatic heterocycles. The van der Waals surface area contributed by atoms with Crippen LogP contribution in [0.4, 0.5) is 5.69 Å². The number of hydrogen-bond acceptors (Lipinski definition) is 3. The normalized spacial score (nSPS) is 18.6. The lowest BCUT2D eigenvalue weighted by Crippen LogP contribution is -2.32. The van der Waals surface area contributed by atoms with E-state index in [2.05, 4.69) is 28.9 Å². The van der Waals surface area contributed by atoms with E-state index in [1.807, 2.05) is 6.07 Å². The van der Waals surface area contributed by atoms with E-state index in [0.29, 0.717) is 6.42 Å². The number of thioether (sulfide) groups is 1. The summed E-state index contributed by atoms with van der Waals surface area (Å²) in [7, 11) is 0. The number of rotatable bonds is 0. The van der Waals surface area contributed by atoms with Gasteiger partial charge in [0, 0.05) is 17.9 Å². The molecule has 1 aromatic carbocycles. The minimum absolute atomic E-state index is 0.000732. The number of carbonyl (C=O) groups is 1. The molecule has 0 saturated carbocycles. The predicted octanol–water partition coefficient (Wildman–Crippen LogP) is 2.19. The van der Waals surface area contributed by atoms with Crippen molar-refractivity contribution in [3.8, 4) is 0 Å². The molecule has 4 heteroatoms. The zero-order valence-electron chi connectivity index (χ0n) is 8.36. The molecule has 2 heterocycles. The molecule has 0 aromatic heterocycles. The summed E-state index contributed by atoms with van der Waals surface area (Å²) < 4.78 is 0. The van der Waals surface area contributed by atoms with Crippen LogP contribution in [0.3, 0.4) is 0 Å². The van der Waals surface area contributed by atoms with Crippen LogP contribution in [0.5, 0.6) is 0 Å². The van der Waals surface area contributed by atoms with Crippen molar-refractivity contribution >= 4 is 28.5 Å². The van der Waals surface area contributed by atoms with Gasteiger partial charge < -0.3 is 4.90 Å². The Hall–Kier alpha value is -1.29. The molecule has 2 aliphatic rings. The van der Waals surface area contributed by atoms with Crippen LogP contribution < -0.4 is 4.90 Å². The van der Waals surface area contributed by atoms with Crippen molar-refractivity contribution in [2.24, 2.45) is 4.99 Å². The second-order valence-corrected chi connectivity index (χ2v) is 4.72. The zero-order chi connectivity index (χ0) is 10.4. The molecule has 3 rings (SSSR count). The van der Waals surface area contributed by atoms with E-state index in [4.69, 9.17) is 0 Å². The van der Waals surface area contributed by atoms with Gasteiger partial charge in [-0.05, 0) is 30.3 Å². The van der Waals surface area contributed by atoms with Crippen LogP contribution in [-0.2, 0) is 4.79 Å². The topological polar surface area (TPSA) is 32.7 Å². The average molecular weight is 218 g/mol. The van der Waals surface area contributed by atoms with Crippen molar-refractivity contribution in [1.29, 1.82) is 0 Å². The highest BCUT2D eigenvalue weighted by Gasteiger charge is 2.31. The smallest absolute Gasteiger partial charge is 0.249 e. The number of fused-ring (bicyclic) bond motifs is 3. The van der Waals surface area contributed by atoms with Gasteiger partial charge in [-0.2, -0.15) is 4.99 Å². The Morgan fingerprint density at radius 3 is 3.20 bits per heavy atom. The maximum Gasteiger partial charge on any atom is 0.249 e. The summed E-state index contributed by atoms with van der Waals surface area (Å²) in [5, 5.41) is 0.843. The second-order valence-electron chi connectivity index (χ2n) is 3.71. The Labute approximate surface area is 92.2 Å². The van der Waals surface area contributed by atoms with Gasteiger partial charge in [0.2, 0.25) is 5.91 Å². The van der Waals surface area contributed by atoms with Crippen LogP contribution in [0.15, 0.2) is 28.1 Å². The number of nitrogens with zero attached hydrogens (tertiary/aromatic N) is 2. The average Bonchev–Trinajstić information content (AvgIpc) is 2.56. The summed E-state index contributed by atoms with van der Waals surface area (Å²) in [6, 6.07) is 6.22. The number of aryl methyl sites for hydroxylation is 1. The molecular weight excluding hydrogens is 208 g/mol. The lowest BCUT2D eigenvalue weighted by atomic mass is 10.1. The maximum atomic E-state index is 11.2. The molecule has 1 aromatic rings. The quantitative estimate of drug-likeness (QED) is 0.669. The first-order valence-electron chi connectivity index (χ1n) is 4.92. The first-order chi connectivity index (χ1) is 7.25. The van der Waals surface area contributed by atoms with Gasteiger partial charge in [-0.1, -0.05) is 12.1 Å². The summed E-state index contributed by atoms with van der Waals surface area (Å²) in [5.74, 6) is -0.000732. The number of amidine groups is 1. The Balaban J connectivity index is 2.15. The molecule has 15 heavy (non-hydrogen) atoms. The maximum absolute atomic E-state index is 11.2. The van der Waals surface area contributed by atoms with Gasteiger partial charge in [0.1, 0.15) is 0 Å². The Bertz CT molecular complexity index is 481. The molecule has 0 saturated heterocycles. The van der Waals surface area contributed by atoms with Gasteiger partial charge in [-0.15, -0.1) is 0 Å². The molecule has 1 amide bonds. The number of aliphatic imine (C=N–C) groups is 1. The predicted molar refractivity (Wildman–Crippen MR) is 61.4 cm³/mol. The molecule has 0 unspecified atom stereocenters. The molecule has 0 spiro atoms. The SMILES string of the molecule is Cc1cccc2c1N1CCC(=O)N=C1S2. The Kier molecular flexibility index (Phi) is 1.85. The minimum Gasteiger partial charge on any atom is -0.319 e. The number of hydrogen-bond donors (Lipinski definition) is 0. The molecule has 3 nitrogen and oxygen atoms in total. The zero-order valence-corrected chi connectivity index (χ0v) is 9.17. The lowest BCUT2D eigenvalue weighted by Gasteiger charge is -2.22. The van der Waals surface area contributed by atoms with E-state index in [1.54, 1.807) is 11.8 Å². The molecule has 76 valence electrons. The van der Waals surface area contributed by atoms with Gasteiger partial charge in [0.05, 0.1) is 5.69 Å². The second kappa shape index (κ2) is 3.10. The molecular formula is C11H10N2OS. The minimum atomic E-state index is -0.000732. The van der Waals surface area contributed by atoms with Gasteiger partial charge in [0.15, 0.2) is 5.17 Å². The number of amides is 1. The van der Waals surface area contributed by atoms with E-state index in [1.165, 1.54) is 16.1 Å². The van der Waals surface area contributed by atoms with Gasteiger partial charge >= 0.3 is 0 Å². The summed E-state index contributed by atoms with van der Waals surface area (Å²) in [4.78, 5) is 18.6. The molecule has 0 radical (unpaired) electrons. The van der Waals surface area contributed by atoms with E-state index in [0.717, 1.165) is 11.7 Å². The fraction of sp³-hybridized carbons (Fsp3) is 0.273. The van der Waals surface area contributed by atoms with E-state index in [9.17, 15) is 4.79 Å². The molecule has 0 aliphatic carbocycles. The largest absolute Gasteiger partial charge is 0.319 e. The van der Waals surface area contributed by atoms with Crippen molar-refractivity contribution in [3.05, 3.63) is 23.8 Å². The molecule has 0 atom stereocenters. The van der Waals surface area contributed by atoms with Crippen LogP contribution in [-0.4, -0.2) is 17.6 Å². The number of anilines is 1. The highest BCUT2D eigenvalue weighted by molar-refractivity contribution is 8.14. The highest BCUT2D eigenvalue weighted by atomic mass is 32.2. The Morgan fingerprint density at radius 1 is 1.47 bits per heavy atom. The van der Waals surface area contributed by atoms with Crippen molar-refractivity contribution in [2.45, 2.75) is 18.2 Å². The third-order valence-corrected chi connectivity index (χ3v) is 3.72. The third kappa shape index (κ3) is 1.28. The van der Waals surface area contributed by atoms with Crippen LogP contribution in [0.2, 0.25) is 0 Å². The van der Waals surface area contributed by atoms with Crippen LogP contribution >= 0.6 is 11.8 Å². The highest BCUT2D eigenvalue weighted by Crippen LogP contribution is 2.43. The van der Waals surface area contributed by atoms with E-state index >= 15 is 0 Å². The standard InChI is InChI=1S/C11H10N2OS/c1-7-3-2-4-8-10(7)13-6-5-9(14)12-11(13)15-8/h2-4H,5-6H2,1H3. The van der Waals surface area contributed by atoms with Crippen molar-refractivity contribution < 1.29 is 4.79 Å². The molecule has 0 fully saturated rings. The summed E-state index contributed by atoms with van der Waals surface area (Å²) in [5.41, 5.74) is 2.48. The summed E-state index contributed by atoms with van der Waals surface area (Å²) >= 11 is 1.59. The van der Waals surface area contributed by atoms with Crippen LogP contribution in [0.25, 0.3) is 0 Å². The van der Waals surface area contributed by atoms with Crippen molar-refractivity contribution in [1.82, 2.24) is 0 Å². The van der Waals surface area contributed by atoms with Crippen LogP contribution in [0, 0.1) is 6.92 Å². The number of carbonyl (C=O) groups excluding carboxylic acids is 1. The fourth-order valence-corrected chi connectivity index (χ4v) is 3.12. The molecule has 0 N–H and O–H groups in total. The first kappa shape index (κ1) is 8.97.